The number of benzene rings is 1. The molecule has 1 aliphatic rings. The molecule has 140 valence electrons. The van der Waals surface area contributed by atoms with Crippen molar-refractivity contribution in [1.82, 2.24) is 9.78 Å². The van der Waals surface area contributed by atoms with Crippen LogP contribution in [-0.4, -0.2) is 27.8 Å². The first kappa shape index (κ1) is 18.8. The quantitative estimate of drug-likeness (QED) is 0.704. The first-order valence-electron chi connectivity index (χ1n) is 9.26. The monoisotopic (exact) mass is 376 g/mol. The Kier molecular flexibility index (Phi) is 6.20. The zero-order chi connectivity index (χ0) is 18.5. The van der Waals surface area contributed by atoms with E-state index < -0.39 is 0 Å². The van der Waals surface area contributed by atoms with Gasteiger partial charge in [-0.15, -0.1) is 0 Å². The number of hydrogen-bond donors (Lipinski definition) is 1. The van der Waals surface area contributed by atoms with Gasteiger partial charge in [0.05, 0.1) is 17.2 Å². The molecular weight excluding hydrogens is 352 g/mol. The summed E-state index contributed by atoms with van der Waals surface area (Å²) in [4.78, 5) is 11.3. The zero-order valence-electron chi connectivity index (χ0n) is 15.0. The van der Waals surface area contributed by atoms with Crippen LogP contribution >= 0.6 is 11.6 Å². The minimum atomic E-state index is -0.222. The molecule has 1 heterocycles. The lowest BCUT2D eigenvalue weighted by Crippen LogP contribution is -2.26. The second-order valence-corrected chi connectivity index (χ2v) is 7.27. The molecule has 1 aromatic carbocycles. The Hall–Kier alpha value is -2.01. The number of ether oxygens (including phenoxy) is 1. The smallest absolute Gasteiger partial charge is 0.157 e. The second-order valence-electron chi connectivity index (χ2n) is 6.87. The highest BCUT2D eigenvalue weighted by Crippen LogP contribution is 2.39. The molecule has 2 aromatic rings. The predicted octanol–water partition coefficient (Wildman–Crippen LogP) is 4.82. The van der Waals surface area contributed by atoms with Gasteiger partial charge in [0.15, 0.2) is 6.29 Å². The van der Waals surface area contributed by atoms with Crippen LogP contribution in [0.1, 0.15) is 61.0 Å². The molecule has 1 aliphatic carbocycles. The molecular formula is C20H25ClN2O3. The second kappa shape index (κ2) is 8.58. The number of aldehydes is 1. The molecule has 1 saturated carbocycles. The lowest BCUT2D eigenvalue weighted by atomic mass is 9.78. The number of nitrogens with zero attached hydrogens (tertiary/aromatic N) is 2. The third kappa shape index (κ3) is 3.88. The molecule has 1 aromatic heterocycles. The van der Waals surface area contributed by atoms with Crippen LogP contribution in [0.15, 0.2) is 24.4 Å². The SMILES string of the molecule is CCCn1nccc1C1CCCCC1COc1ccc(Cl)c(O)c1C=O. The normalized spacial score (nSPS) is 20.1. The number of carbonyl (C=O) groups excluding carboxylic acids is 1. The third-order valence-corrected chi connectivity index (χ3v) is 5.48. The topological polar surface area (TPSA) is 64.3 Å². The van der Waals surface area contributed by atoms with Crippen molar-refractivity contribution < 1.29 is 14.6 Å². The molecule has 1 N–H and O–H groups in total. The molecule has 0 aliphatic heterocycles. The Labute approximate surface area is 158 Å². The number of rotatable bonds is 7. The third-order valence-electron chi connectivity index (χ3n) is 5.17. The lowest BCUT2D eigenvalue weighted by Gasteiger charge is -2.32. The fraction of sp³-hybridized carbons (Fsp3) is 0.500. The van der Waals surface area contributed by atoms with Crippen LogP contribution in [0.5, 0.6) is 11.5 Å². The summed E-state index contributed by atoms with van der Waals surface area (Å²) >= 11 is 5.88. The number of aryl methyl sites for hydroxylation is 1. The minimum Gasteiger partial charge on any atom is -0.505 e. The largest absolute Gasteiger partial charge is 0.505 e. The van der Waals surface area contributed by atoms with E-state index in [1.54, 1.807) is 12.1 Å². The van der Waals surface area contributed by atoms with E-state index in [2.05, 4.69) is 22.8 Å². The number of aromatic hydroxyl groups is 1. The summed E-state index contributed by atoms with van der Waals surface area (Å²) in [6, 6.07) is 5.31. The van der Waals surface area contributed by atoms with Crippen molar-refractivity contribution >= 4 is 17.9 Å². The zero-order valence-corrected chi connectivity index (χ0v) is 15.8. The summed E-state index contributed by atoms with van der Waals surface area (Å²) in [5, 5.41) is 14.6. The van der Waals surface area contributed by atoms with Crippen molar-refractivity contribution in [3.63, 3.8) is 0 Å². The van der Waals surface area contributed by atoms with Gasteiger partial charge in [-0.1, -0.05) is 31.4 Å². The summed E-state index contributed by atoms with van der Waals surface area (Å²) in [7, 11) is 0. The van der Waals surface area contributed by atoms with Crippen molar-refractivity contribution in [3.8, 4) is 11.5 Å². The maximum absolute atomic E-state index is 11.3. The van der Waals surface area contributed by atoms with Gasteiger partial charge in [0.2, 0.25) is 0 Å². The number of aromatic nitrogens is 2. The van der Waals surface area contributed by atoms with E-state index in [1.807, 2.05) is 6.20 Å². The standard InChI is InChI=1S/C20H25ClN2O3/c1-2-11-23-18(9-10-22-23)15-6-4-3-5-14(15)13-26-19-8-7-17(21)20(25)16(19)12-24/h7-10,12,14-15,25H,2-6,11,13H2,1H3. The van der Waals surface area contributed by atoms with Gasteiger partial charge in [0.25, 0.3) is 0 Å². The molecule has 1 fully saturated rings. The van der Waals surface area contributed by atoms with Crippen molar-refractivity contribution in [2.75, 3.05) is 6.61 Å². The van der Waals surface area contributed by atoms with Gasteiger partial charge in [-0.25, -0.2) is 0 Å². The molecule has 2 atom stereocenters. The Morgan fingerprint density at radius 3 is 2.92 bits per heavy atom. The molecule has 0 spiro atoms. The van der Waals surface area contributed by atoms with Gasteiger partial charge in [-0.05, 0) is 37.5 Å². The van der Waals surface area contributed by atoms with Crippen molar-refractivity contribution in [2.24, 2.45) is 5.92 Å². The average molecular weight is 377 g/mol. The van der Waals surface area contributed by atoms with Crippen LogP contribution in [0, 0.1) is 5.92 Å². The summed E-state index contributed by atoms with van der Waals surface area (Å²) in [6.45, 7) is 3.58. The molecule has 0 saturated heterocycles. The van der Waals surface area contributed by atoms with E-state index in [1.165, 1.54) is 18.5 Å². The lowest BCUT2D eigenvalue weighted by molar-refractivity contribution is 0.111. The summed E-state index contributed by atoms with van der Waals surface area (Å²) in [5.41, 5.74) is 1.38. The summed E-state index contributed by atoms with van der Waals surface area (Å²) < 4.78 is 8.06. The van der Waals surface area contributed by atoms with Crippen LogP contribution in [0.4, 0.5) is 0 Å². The van der Waals surface area contributed by atoms with Gasteiger partial charge >= 0.3 is 0 Å². The number of halogens is 1. The maximum atomic E-state index is 11.3. The number of phenolic OH excluding ortho intramolecular Hbond substituents is 1. The Morgan fingerprint density at radius 2 is 2.15 bits per heavy atom. The number of carbonyl (C=O) groups is 1. The van der Waals surface area contributed by atoms with E-state index in [4.69, 9.17) is 16.3 Å². The molecule has 0 amide bonds. The first-order valence-corrected chi connectivity index (χ1v) is 9.64. The number of hydrogen-bond acceptors (Lipinski definition) is 4. The predicted molar refractivity (Wildman–Crippen MR) is 101 cm³/mol. The van der Waals surface area contributed by atoms with Crippen molar-refractivity contribution in [2.45, 2.75) is 51.5 Å². The molecule has 0 bridgehead atoms. The average Bonchev–Trinajstić information content (AvgIpc) is 3.11. The van der Waals surface area contributed by atoms with Gasteiger partial charge in [0.1, 0.15) is 11.5 Å². The van der Waals surface area contributed by atoms with Crippen LogP contribution < -0.4 is 4.74 Å². The fourth-order valence-corrected chi connectivity index (χ4v) is 4.02. The Balaban J connectivity index is 1.76. The highest BCUT2D eigenvalue weighted by Gasteiger charge is 2.29. The molecule has 6 heteroatoms. The fourth-order valence-electron chi connectivity index (χ4n) is 3.85. The first-order chi connectivity index (χ1) is 12.7. The highest BCUT2D eigenvalue weighted by molar-refractivity contribution is 6.32. The van der Waals surface area contributed by atoms with Gasteiger partial charge in [-0.2, -0.15) is 5.10 Å². The van der Waals surface area contributed by atoms with Crippen molar-refractivity contribution in [3.05, 3.63) is 40.7 Å². The Bertz CT molecular complexity index is 760. The van der Waals surface area contributed by atoms with Gasteiger partial charge < -0.3 is 9.84 Å². The minimum absolute atomic E-state index is 0.112. The van der Waals surface area contributed by atoms with Crippen LogP contribution in [-0.2, 0) is 6.54 Å². The van der Waals surface area contributed by atoms with Crippen LogP contribution in [0.3, 0.4) is 0 Å². The highest BCUT2D eigenvalue weighted by atomic mass is 35.5. The van der Waals surface area contributed by atoms with E-state index >= 15 is 0 Å². The van der Waals surface area contributed by atoms with E-state index in [9.17, 15) is 9.90 Å². The van der Waals surface area contributed by atoms with E-state index in [-0.39, 0.29) is 16.3 Å². The van der Waals surface area contributed by atoms with Gasteiger partial charge in [-0.3, -0.25) is 9.48 Å². The van der Waals surface area contributed by atoms with Crippen molar-refractivity contribution in [1.29, 1.82) is 0 Å². The number of phenols is 1. The van der Waals surface area contributed by atoms with E-state index in [0.29, 0.717) is 30.5 Å². The maximum Gasteiger partial charge on any atom is 0.157 e. The summed E-state index contributed by atoms with van der Waals surface area (Å²) in [6.07, 6.45) is 8.10. The molecule has 3 rings (SSSR count). The Morgan fingerprint density at radius 1 is 1.35 bits per heavy atom. The molecule has 26 heavy (non-hydrogen) atoms. The van der Waals surface area contributed by atoms with Gasteiger partial charge in [0, 0.05) is 30.3 Å². The van der Waals surface area contributed by atoms with E-state index in [0.717, 1.165) is 25.8 Å². The van der Waals surface area contributed by atoms with Crippen LogP contribution in [0.2, 0.25) is 5.02 Å². The molecule has 0 radical (unpaired) electrons. The summed E-state index contributed by atoms with van der Waals surface area (Å²) in [5.74, 6) is 0.917. The molecule has 5 nitrogen and oxygen atoms in total. The van der Waals surface area contributed by atoms with Crippen LogP contribution in [0.25, 0.3) is 0 Å². The molecule has 2 unspecified atom stereocenters.